The van der Waals surface area contributed by atoms with Gasteiger partial charge in [0.1, 0.15) is 18.8 Å². The maximum Gasteiger partial charge on any atom is 0.416 e. The summed E-state index contributed by atoms with van der Waals surface area (Å²) in [6.07, 6.45) is -8.88. The fourth-order valence-electron chi connectivity index (χ4n) is 4.81. The molecule has 47 heavy (non-hydrogen) atoms. The Labute approximate surface area is 277 Å². The highest BCUT2D eigenvalue weighted by Gasteiger charge is 2.32. The van der Waals surface area contributed by atoms with E-state index in [0.29, 0.717) is 45.2 Å². The Balaban J connectivity index is 0.000000185. The summed E-state index contributed by atoms with van der Waals surface area (Å²) < 4.78 is 83.7. The normalized spacial score (nSPS) is 14.5. The van der Waals surface area contributed by atoms with Gasteiger partial charge in [0, 0.05) is 25.8 Å². The Kier molecular flexibility index (Phi) is 9.70. The van der Waals surface area contributed by atoms with Crippen molar-refractivity contribution in [1.29, 1.82) is 0 Å². The Hall–Kier alpha value is -4.73. The number of alkyl halides is 6. The second-order valence-electron chi connectivity index (χ2n) is 10.2. The number of rotatable bonds is 3. The van der Waals surface area contributed by atoms with Gasteiger partial charge in [-0.15, -0.1) is 0 Å². The smallest absolute Gasteiger partial charge is 0.416 e. The van der Waals surface area contributed by atoms with E-state index in [1.54, 1.807) is 36.4 Å². The van der Waals surface area contributed by atoms with Gasteiger partial charge in [-0.2, -0.15) is 26.3 Å². The number of hydrogen-bond donors (Lipinski definition) is 2. The second kappa shape index (κ2) is 13.6. The quantitative estimate of drug-likeness (QED) is 0.166. The number of halogens is 7. The lowest BCUT2D eigenvalue weighted by molar-refractivity contribution is -0.138. The van der Waals surface area contributed by atoms with Gasteiger partial charge in [-0.1, -0.05) is 24.3 Å². The molecular formula is C33H23F6IN4O3. The van der Waals surface area contributed by atoms with Crippen LogP contribution in [-0.4, -0.2) is 43.4 Å². The number of hydrogen-bond acceptors (Lipinski definition) is 5. The molecule has 6 rings (SSSR count). The molecule has 2 N–H and O–H groups in total. The summed E-state index contributed by atoms with van der Waals surface area (Å²) >= 11 is 2.11. The van der Waals surface area contributed by atoms with Gasteiger partial charge in [0.25, 0.3) is 0 Å². The molecule has 0 saturated carbocycles. The zero-order valence-electron chi connectivity index (χ0n) is 24.3. The lowest BCUT2D eigenvalue weighted by Crippen LogP contribution is -2.13. The number of methoxy groups -OCH3 is 1. The van der Waals surface area contributed by atoms with Gasteiger partial charge in [0.05, 0.1) is 41.0 Å². The van der Waals surface area contributed by atoms with Crippen LogP contribution in [0.25, 0.3) is 0 Å². The summed E-state index contributed by atoms with van der Waals surface area (Å²) in [4.78, 5) is 31.9. The van der Waals surface area contributed by atoms with Crippen LogP contribution in [0.5, 0.6) is 5.75 Å². The summed E-state index contributed by atoms with van der Waals surface area (Å²) in [5.41, 5.74) is 1.95. The minimum Gasteiger partial charge on any atom is -0.497 e. The molecule has 2 heterocycles. The highest BCUT2D eigenvalue weighted by Crippen LogP contribution is 2.33. The van der Waals surface area contributed by atoms with E-state index in [1.165, 1.54) is 25.3 Å². The van der Waals surface area contributed by atoms with Crippen LogP contribution in [0, 0.1) is 3.57 Å². The van der Waals surface area contributed by atoms with Gasteiger partial charge in [-0.25, -0.2) is 0 Å². The second-order valence-corrected chi connectivity index (χ2v) is 11.4. The number of aliphatic imine (C=N–C) groups is 2. The number of benzene rings is 4. The number of ether oxygens (including phenoxy) is 1. The summed E-state index contributed by atoms with van der Waals surface area (Å²) in [6, 6.07) is 20.1. The number of nitrogens with one attached hydrogen (secondary N) is 2. The first-order valence-corrected chi connectivity index (χ1v) is 14.8. The van der Waals surface area contributed by atoms with Crippen molar-refractivity contribution in [3.05, 3.63) is 122 Å². The van der Waals surface area contributed by atoms with Gasteiger partial charge in [-0.05, 0) is 83.3 Å². The molecule has 2 aliphatic heterocycles. The molecule has 0 aliphatic carbocycles. The molecule has 2 aliphatic rings. The zero-order valence-corrected chi connectivity index (χ0v) is 26.4. The van der Waals surface area contributed by atoms with E-state index < -0.39 is 23.5 Å². The van der Waals surface area contributed by atoms with E-state index in [0.717, 1.165) is 27.8 Å². The van der Waals surface area contributed by atoms with Gasteiger partial charge < -0.3 is 15.4 Å². The standard InChI is InChI=1S/C17H13F3N2O2.C16H10F3IN2O/c1-24-12-5-6-14-13(8-12)16(21-9-15(23)22-14)10-3-2-4-11(7-10)17(18,19)20;17-16(18,19)10-3-1-2-9(6-10)15-12-7-11(20)4-5-13(12)22-14(23)8-21-15/h2-8H,9H2,1H3,(H,22,23);1-7H,8H2,(H,22,23). The fourth-order valence-corrected chi connectivity index (χ4v) is 5.30. The van der Waals surface area contributed by atoms with Crippen LogP contribution < -0.4 is 15.4 Å². The monoisotopic (exact) mass is 764 g/mol. The van der Waals surface area contributed by atoms with Crippen molar-refractivity contribution in [2.75, 3.05) is 30.8 Å². The van der Waals surface area contributed by atoms with Crippen LogP contribution in [0.15, 0.2) is 94.9 Å². The first-order chi connectivity index (χ1) is 22.2. The minimum absolute atomic E-state index is 0.128. The molecule has 0 fully saturated rings. The van der Waals surface area contributed by atoms with E-state index in [2.05, 4.69) is 43.2 Å². The van der Waals surface area contributed by atoms with Crippen molar-refractivity contribution < 1.29 is 40.7 Å². The Morgan fingerprint density at radius 3 is 1.60 bits per heavy atom. The number of amides is 2. The summed E-state index contributed by atoms with van der Waals surface area (Å²) in [7, 11) is 1.48. The van der Waals surface area contributed by atoms with Crippen LogP contribution in [0.4, 0.5) is 37.7 Å². The lowest BCUT2D eigenvalue weighted by Gasteiger charge is -2.13. The maximum absolute atomic E-state index is 13.0. The molecule has 7 nitrogen and oxygen atoms in total. The lowest BCUT2D eigenvalue weighted by atomic mass is 9.98. The zero-order chi connectivity index (χ0) is 33.9. The molecule has 0 bridgehead atoms. The molecule has 0 spiro atoms. The van der Waals surface area contributed by atoms with Crippen molar-refractivity contribution >= 4 is 57.2 Å². The SMILES string of the molecule is COc1ccc2c(c1)C(c1cccc(C(F)(F)F)c1)=NCC(=O)N2.O=C1CN=C(c2cccc(C(F)(F)F)c2)c2cc(I)ccc2N1. The van der Waals surface area contributed by atoms with Crippen LogP contribution >= 0.6 is 22.6 Å². The number of carbonyl (C=O) groups is 2. The number of benzodiazepines with no additional fused rings is 2. The summed E-state index contributed by atoms with van der Waals surface area (Å²) in [6.45, 7) is -0.292. The van der Waals surface area contributed by atoms with E-state index in [4.69, 9.17) is 4.74 Å². The van der Waals surface area contributed by atoms with Crippen molar-refractivity contribution in [1.82, 2.24) is 0 Å². The van der Waals surface area contributed by atoms with Gasteiger partial charge in [0.2, 0.25) is 11.8 Å². The number of anilines is 2. The first-order valence-electron chi connectivity index (χ1n) is 13.7. The summed E-state index contributed by atoms with van der Waals surface area (Å²) in [5, 5.41) is 5.40. The molecule has 0 aromatic heterocycles. The molecule has 0 unspecified atom stereocenters. The van der Waals surface area contributed by atoms with E-state index >= 15 is 0 Å². The predicted molar refractivity (Wildman–Crippen MR) is 173 cm³/mol. The third-order valence-electron chi connectivity index (χ3n) is 6.95. The van der Waals surface area contributed by atoms with Crippen molar-refractivity contribution in [3.63, 3.8) is 0 Å². The molecule has 4 aromatic rings. The largest absolute Gasteiger partial charge is 0.497 e. The van der Waals surface area contributed by atoms with E-state index in [-0.39, 0.29) is 30.5 Å². The van der Waals surface area contributed by atoms with Gasteiger partial charge >= 0.3 is 12.4 Å². The van der Waals surface area contributed by atoms with Gasteiger partial charge in [0.15, 0.2) is 0 Å². The number of fused-ring (bicyclic) bond motifs is 2. The van der Waals surface area contributed by atoms with Crippen LogP contribution in [-0.2, 0) is 21.9 Å². The highest BCUT2D eigenvalue weighted by atomic mass is 127. The predicted octanol–water partition coefficient (Wildman–Crippen LogP) is 7.60. The molecule has 0 radical (unpaired) electrons. The fraction of sp³-hybridized carbons (Fsp3) is 0.152. The highest BCUT2D eigenvalue weighted by molar-refractivity contribution is 14.1. The molecule has 14 heteroatoms. The molecule has 242 valence electrons. The molecular weight excluding hydrogens is 741 g/mol. The third-order valence-corrected chi connectivity index (χ3v) is 7.63. The van der Waals surface area contributed by atoms with Gasteiger partial charge in [-0.3, -0.25) is 19.6 Å². The van der Waals surface area contributed by atoms with E-state index in [9.17, 15) is 35.9 Å². The summed E-state index contributed by atoms with van der Waals surface area (Å²) in [5.74, 6) is -0.109. The molecule has 0 saturated heterocycles. The molecule has 0 atom stereocenters. The van der Waals surface area contributed by atoms with E-state index in [1.807, 2.05) is 6.07 Å². The molecule has 4 aromatic carbocycles. The average Bonchev–Trinajstić information content (AvgIpc) is 3.30. The third kappa shape index (κ3) is 7.99. The Morgan fingerprint density at radius 2 is 1.13 bits per heavy atom. The Bertz CT molecular complexity index is 1920. The van der Waals surface area contributed by atoms with Crippen LogP contribution in [0.2, 0.25) is 0 Å². The van der Waals surface area contributed by atoms with Crippen LogP contribution in [0.1, 0.15) is 33.4 Å². The van der Waals surface area contributed by atoms with Crippen molar-refractivity contribution in [2.45, 2.75) is 12.4 Å². The number of carbonyl (C=O) groups excluding carboxylic acids is 2. The van der Waals surface area contributed by atoms with Crippen LogP contribution in [0.3, 0.4) is 0 Å². The first kappa shape index (κ1) is 33.6. The average molecular weight is 764 g/mol. The minimum atomic E-state index is -4.45. The maximum atomic E-state index is 13.0. The topological polar surface area (TPSA) is 92.1 Å². The molecule has 2 amide bonds. The van der Waals surface area contributed by atoms with Crippen molar-refractivity contribution in [2.24, 2.45) is 9.98 Å². The van der Waals surface area contributed by atoms with Crippen molar-refractivity contribution in [3.8, 4) is 5.75 Å². The number of nitrogens with zero attached hydrogens (tertiary/aromatic N) is 2. The Morgan fingerprint density at radius 1 is 0.660 bits per heavy atom.